The quantitative estimate of drug-likeness (QED) is 0.933. The predicted molar refractivity (Wildman–Crippen MR) is 78.5 cm³/mol. The molecular weight excluding hydrogens is 274 g/mol. The van der Waals surface area contributed by atoms with E-state index in [1.807, 2.05) is 36.1 Å². The van der Waals surface area contributed by atoms with Gasteiger partial charge in [0, 0.05) is 44.3 Å². The van der Waals surface area contributed by atoms with Crippen LogP contribution in [0.1, 0.15) is 17.3 Å². The third-order valence-electron chi connectivity index (χ3n) is 3.79. The fraction of sp³-hybridized carbons (Fsp3) is 0.429. The van der Waals surface area contributed by atoms with Crippen LogP contribution < -0.4 is 5.32 Å². The van der Waals surface area contributed by atoms with Gasteiger partial charge in [0.15, 0.2) is 0 Å². The number of hydrogen-bond donors (Lipinski definition) is 1. The molecule has 1 aromatic heterocycles. The van der Waals surface area contributed by atoms with E-state index in [2.05, 4.69) is 26.6 Å². The molecule has 3 rings (SSSR count). The molecule has 0 bridgehead atoms. The molecule has 1 N–H and O–H groups in total. The minimum Gasteiger partial charge on any atom is -0.314 e. The Hall–Kier alpha value is -1.43. The first-order chi connectivity index (χ1) is 9.75. The maximum Gasteiger partial charge on any atom is 0.0738 e. The van der Waals surface area contributed by atoms with Crippen LogP contribution in [0.15, 0.2) is 30.5 Å². The summed E-state index contributed by atoms with van der Waals surface area (Å²) in [6.45, 7) is 3.73. The minimum absolute atomic E-state index is 0.285. The van der Waals surface area contributed by atoms with Gasteiger partial charge in [0.25, 0.3) is 0 Å². The monoisotopic (exact) mass is 291 g/mol. The van der Waals surface area contributed by atoms with Crippen LogP contribution in [0.25, 0.3) is 0 Å². The summed E-state index contributed by atoms with van der Waals surface area (Å²) >= 11 is 6.35. The maximum atomic E-state index is 6.35. The lowest BCUT2D eigenvalue weighted by atomic mass is 10.0. The average molecular weight is 292 g/mol. The highest BCUT2D eigenvalue weighted by Crippen LogP contribution is 2.29. The molecule has 1 aliphatic rings. The Bertz CT molecular complexity index is 582. The molecule has 1 saturated heterocycles. The van der Waals surface area contributed by atoms with Crippen LogP contribution in [0, 0.1) is 0 Å². The highest BCUT2D eigenvalue weighted by atomic mass is 35.5. The Balaban J connectivity index is 1.84. The van der Waals surface area contributed by atoms with Gasteiger partial charge < -0.3 is 5.32 Å². The van der Waals surface area contributed by atoms with Crippen molar-refractivity contribution in [2.45, 2.75) is 12.6 Å². The Kier molecular flexibility index (Phi) is 4.00. The summed E-state index contributed by atoms with van der Waals surface area (Å²) in [5.41, 5.74) is 2.29. The molecule has 5 nitrogen and oxygen atoms in total. The summed E-state index contributed by atoms with van der Waals surface area (Å²) in [7, 11) is 1.93. The molecule has 6 heteroatoms. The largest absolute Gasteiger partial charge is 0.314 e. The zero-order chi connectivity index (χ0) is 13.9. The smallest absolute Gasteiger partial charge is 0.0738 e. The number of aryl methyl sites for hydroxylation is 1. The Labute approximate surface area is 123 Å². The second-order valence-corrected chi connectivity index (χ2v) is 5.47. The number of hydrogen-bond acceptors (Lipinski definition) is 4. The van der Waals surface area contributed by atoms with Crippen molar-refractivity contribution >= 4 is 11.6 Å². The molecule has 1 atom stereocenters. The third kappa shape index (κ3) is 2.70. The highest BCUT2D eigenvalue weighted by Gasteiger charge is 2.26. The van der Waals surface area contributed by atoms with E-state index in [1.54, 1.807) is 0 Å². The van der Waals surface area contributed by atoms with Crippen molar-refractivity contribution < 1.29 is 0 Å². The van der Waals surface area contributed by atoms with E-state index >= 15 is 0 Å². The minimum atomic E-state index is 0.285. The summed E-state index contributed by atoms with van der Waals surface area (Å²) < 4.78 is 1.83. The van der Waals surface area contributed by atoms with Gasteiger partial charge in [0.2, 0.25) is 0 Å². The van der Waals surface area contributed by atoms with E-state index < -0.39 is 0 Å². The maximum absolute atomic E-state index is 6.35. The van der Waals surface area contributed by atoms with Crippen LogP contribution in [0.2, 0.25) is 5.02 Å². The molecule has 1 unspecified atom stereocenters. The molecule has 1 aliphatic heterocycles. The number of benzene rings is 1. The van der Waals surface area contributed by atoms with Gasteiger partial charge in [-0.25, -0.2) is 0 Å². The normalized spacial score (nSPS) is 20.2. The van der Waals surface area contributed by atoms with Crippen molar-refractivity contribution in [1.29, 1.82) is 0 Å². The first-order valence-electron chi connectivity index (χ1n) is 6.78. The second kappa shape index (κ2) is 5.91. The van der Waals surface area contributed by atoms with Gasteiger partial charge in [-0.15, -0.1) is 5.10 Å². The Morgan fingerprint density at radius 3 is 3.00 bits per heavy atom. The molecule has 0 aliphatic carbocycles. The second-order valence-electron chi connectivity index (χ2n) is 5.06. The summed E-state index contributed by atoms with van der Waals surface area (Å²) in [6, 6.07) is 8.35. The fourth-order valence-corrected chi connectivity index (χ4v) is 2.91. The van der Waals surface area contributed by atoms with Gasteiger partial charge in [-0.05, 0) is 11.6 Å². The van der Waals surface area contributed by atoms with Crippen LogP contribution in [0.5, 0.6) is 0 Å². The molecule has 2 aromatic rings. The van der Waals surface area contributed by atoms with E-state index in [1.165, 1.54) is 5.56 Å². The van der Waals surface area contributed by atoms with Crippen molar-refractivity contribution in [2.75, 3.05) is 19.6 Å². The molecule has 0 radical (unpaired) electrons. The van der Waals surface area contributed by atoms with E-state index in [9.17, 15) is 0 Å². The van der Waals surface area contributed by atoms with E-state index in [0.29, 0.717) is 0 Å². The van der Waals surface area contributed by atoms with Gasteiger partial charge in [-0.1, -0.05) is 35.0 Å². The van der Waals surface area contributed by atoms with Crippen LogP contribution >= 0.6 is 11.6 Å². The number of halogens is 1. The van der Waals surface area contributed by atoms with Crippen molar-refractivity contribution in [3.63, 3.8) is 0 Å². The van der Waals surface area contributed by atoms with Gasteiger partial charge in [-0.2, -0.15) is 0 Å². The first-order valence-corrected chi connectivity index (χ1v) is 7.16. The average Bonchev–Trinajstić information content (AvgIpc) is 2.86. The number of piperazine rings is 1. The van der Waals surface area contributed by atoms with Crippen LogP contribution in [0.4, 0.5) is 0 Å². The molecule has 0 saturated carbocycles. The molecule has 1 aromatic carbocycles. The Morgan fingerprint density at radius 1 is 1.40 bits per heavy atom. The van der Waals surface area contributed by atoms with Crippen molar-refractivity contribution in [1.82, 2.24) is 25.2 Å². The molecular formula is C14H18ClN5. The number of nitrogens with one attached hydrogen (secondary N) is 1. The van der Waals surface area contributed by atoms with Gasteiger partial charge in [-0.3, -0.25) is 9.58 Å². The SMILES string of the molecule is Cn1nncc1CN1CCNCC1c1ccccc1Cl. The summed E-state index contributed by atoms with van der Waals surface area (Å²) in [6.07, 6.45) is 1.83. The number of aromatic nitrogens is 3. The lowest BCUT2D eigenvalue weighted by Gasteiger charge is -2.36. The number of nitrogens with zero attached hydrogens (tertiary/aromatic N) is 4. The van der Waals surface area contributed by atoms with Gasteiger partial charge >= 0.3 is 0 Å². The first kappa shape index (κ1) is 13.5. The molecule has 20 heavy (non-hydrogen) atoms. The van der Waals surface area contributed by atoms with E-state index in [-0.39, 0.29) is 6.04 Å². The highest BCUT2D eigenvalue weighted by molar-refractivity contribution is 6.31. The topological polar surface area (TPSA) is 46.0 Å². The summed E-state index contributed by atoms with van der Waals surface area (Å²) in [5, 5.41) is 12.2. The van der Waals surface area contributed by atoms with Crippen molar-refractivity contribution in [3.8, 4) is 0 Å². The third-order valence-corrected chi connectivity index (χ3v) is 4.14. The summed E-state index contributed by atoms with van der Waals surface area (Å²) in [4.78, 5) is 2.43. The lowest BCUT2D eigenvalue weighted by Crippen LogP contribution is -2.45. The van der Waals surface area contributed by atoms with Gasteiger partial charge in [0.05, 0.1) is 11.9 Å². The van der Waals surface area contributed by atoms with Crippen molar-refractivity contribution in [3.05, 3.63) is 46.7 Å². The van der Waals surface area contributed by atoms with E-state index in [0.717, 1.165) is 36.9 Å². The summed E-state index contributed by atoms with van der Waals surface area (Å²) in [5.74, 6) is 0. The van der Waals surface area contributed by atoms with Crippen LogP contribution in [-0.4, -0.2) is 39.5 Å². The van der Waals surface area contributed by atoms with E-state index in [4.69, 9.17) is 11.6 Å². The van der Waals surface area contributed by atoms with Gasteiger partial charge in [0.1, 0.15) is 0 Å². The number of rotatable bonds is 3. The molecule has 106 valence electrons. The molecule has 2 heterocycles. The standard InChI is InChI=1S/C14H18ClN5/c1-19-11(8-17-18-19)10-20-7-6-16-9-14(20)12-4-2-3-5-13(12)15/h2-5,8,14,16H,6-7,9-10H2,1H3. The zero-order valence-corrected chi connectivity index (χ0v) is 12.2. The van der Waals surface area contributed by atoms with Crippen LogP contribution in [-0.2, 0) is 13.6 Å². The Morgan fingerprint density at radius 2 is 2.25 bits per heavy atom. The van der Waals surface area contributed by atoms with Crippen LogP contribution in [0.3, 0.4) is 0 Å². The lowest BCUT2D eigenvalue weighted by molar-refractivity contribution is 0.150. The predicted octanol–water partition coefficient (Wildman–Crippen LogP) is 1.61. The molecule has 0 amide bonds. The zero-order valence-electron chi connectivity index (χ0n) is 11.5. The van der Waals surface area contributed by atoms with Crippen molar-refractivity contribution in [2.24, 2.45) is 7.05 Å². The molecule has 1 fully saturated rings. The molecule has 0 spiro atoms. The fourth-order valence-electron chi connectivity index (χ4n) is 2.65.